The summed E-state index contributed by atoms with van der Waals surface area (Å²) in [6, 6.07) is 2.37. The van der Waals surface area contributed by atoms with Gasteiger partial charge in [0.25, 0.3) is 5.56 Å². The van der Waals surface area contributed by atoms with Crippen LogP contribution in [0.4, 0.5) is 13.2 Å². The number of ether oxygens (including phenoxy) is 2. The minimum absolute atomic E-state index is 0.0536. The number of carboxylic acid groups (broad SMARTS) is 1. The molecule has 1 aromatic heterocycles. The van der Waals surface area contributed by atoms with Crippen molar-refractivity contribution < 1.29 is 32.5 Å². The number of hydrogen-bond donors (Lipinski definition) is 2. The number of H-pyrrole nitrogens is 1. The summed E-state index contributed by atoms with van der Waals surface area (Å²) in [5.41, 5.74) is -4.49. The highest BCUT2D eigenvalue weighted by Gasteiger charge is 2.33. The third-order valence-corrected chi connectivity index (χ3v) is 4.06. The van der Waals surface area contributed by atoms with Gasteiger partial charge < -0.3 is 19.6 Å². The first kappa shape index (κ1) is 23.4. The second-order valence-corrected chi connectivity index (χ2v) is 6.38. The number of hydrogen-bond acceptors (Lipinski definition) is 5. The van der Waals surface area contributed by atoms with Gasteiger partial charge in [0.2, 0.25) is 0 Å². The van der Waals surface area contributed by atoms with Crippen molar-refractivity contribution in [2.24, 2.45) is 0 Å². The maximum absolute atomic E-state index is 12.8. The monoisotopic (exact) mass is 468 g/mol. The van der Waals surface area contributed by atoms with E-state index in [9.17, 15) is 27.6 Å². The van der Waals surface area contributed by atoms with E-state index in [2.05, 4.69) is 0 Å². The van der Waals surface area contributed by atoms with Crippen LogP contribution in [0, 0.1) is 0 Å². The van der Waals surface area contributed by atoms with E-state index in [1.54, 1.807) is 11.9 Å². The molecule has 13 heteroatoms. The number of aromatic amines is 1. The second-order valence-electron chi connectivity index (χ2n) is 5.56. The van der Waals surface area contributed by atoms with Crippen LogP contribution in [0.1, 0.15) is 12.6 Å². The first-order valence-electron chi connectivity index (χ1n) is 8.06. The first-order valence-corrected chi connectivity index (χ1v) is 8.81. The molecular weight excluding hydrogens is 456 g/mol. The normalized spacial score (nSPS) is 12.0. The van der Waals surface area contributed by atoms with Crippen LogP contribution in [0.2, 0.25) is 10.0 Å². The minimum Gasteiger partial charge on any atom is -0.494 e. The maximum atomic E-state index is 12.8. The fourth-order valence-electron chi connectivity index (χ4n) is 2.27. The molecule has 0 saturated heterocycles. The quantitative estimate of drug-likeness (QED) is 0.476. The number of carbonyl (C=O) groups is 1. The molecule has 30 heavy (non-hydrogen) atoms. The summed E-state index contributed by atoms with van der Waals surface area (Å²) in [4.78, 5) is 36.6. The zero-order valence-corrected chi connectivity index (χ0v) is 16.6. The standard InChI is InChI=1S/C17H13Cl2F3N2O6/c1-2-29-8(3-15(26)27)7-30-12-5-11(9(18)4-10(12)19)24-14(25)6-13(17(20,21)22)23-16(24)28/h3-6H,2,7H2,1H3,(H,23,28)(H,26,27)/b8-3-. The molecule has 2 N–H and O–H groups in total. The molecule has 0 aliphatic rings. The summed E-state index contributed by atoms with van der Waals surface area (Å²) in [5.74, 6) is -1.46. The van der Waals surface area contributed by atoms with Crippen molar-refractivity contribution in [1.29, 1.82) is 0 Å². The van der Waals surface area contributed by atoms with Crippen LogP contribution in [0.5, 0.6) is 5.75 Å². The third kappa shape index (κ3) is 5.57. The van der Waals surface area contributed by atoms with Crippen LogP contribution in [0.25, 0.3) is 5.69 Å². The van der Waals surface area contributed by atoms with Crippen molar-refractivity contribution >= 4 is 29.2 Å². The number of rotatable bonds is 7. The molecule has 0 atom stereocenters. The van der Waals surface area contributed by atoms with E-state index in [4.69, 9.17) is 37.8 Å². The lowest BCUT2D eigenvalue weighted by Crippen LogP contribution is -2.36. The fourth-order valence-corrected chi connectivity index (χ4v) is 2.80. The Labute approximate surface area is 176 Å². The van der Waals surface area contributed by atoms with Crippen LogP contribution >= 0.6 is 23.2 Å². The van der Waals surface area contributed by atoms with Crippen molar-refractivity contribution in [3.05, 3.63) is 66.6 Å². The van der Waals surface area contributed by atoms with Gasteiger partial charge in [-0.2, -0.15) is 13.2 Å². The number of nitrogens with one attached hydrogen (secondary N) is 1. The number of nitrogens with zero attached hydrogens (tertiary/aromatic N) is 1. The number of carboxylic acids is 1. The number of aliphatic carboxylic acids is 1. The van der Waals surface area contributed by atoms with Crippen molar-refractivity contribution in [3.8, 4) is 11.4 Å². The van der Waals surface area contributed by atoms with Crippen molar-refractivity contribution in [1.82, 2.24) is 9.55 Å². The zero-order chi connectivity index (χ0) is 22.6. The molecule has 0 fully saturated rings. The van der Waals surface area contributed by atoms with Gasteiger partial charge in [-0.3, -0.25) is 4.79 Å². The molecule has 162 valence electrons. The fraction of sp³-hybridized carbons (Fsp3) is 0.235. The number of halogens is 5. The van der Waals surface area contributed by atoms with E-state index in [0.29, 0.717) is 4.57 Å². The minimum atomic E-state index is -4.93. The lowest BCUT2D eigenvalue weighted by atomic mass is 10.2. The van der Waals surface area contributed by atoms with Gasteiger partial charge in [-0.05, 0) is 13.0 Å². The molecule has 0 bridgehead atoms. The average molecular weight is 469 g/mol. The summed E-state index contributed by atoms with van der Waals surface area (Å²) in [6.07, 6.45) is -4.17. The Morgan fingerprint density at radius 2 is 1.90 bits per heavy atom. The van der Waals surface area contributed by atoms with E-state index in [1.165, 1.54) is 0 Å². The molecular formula is C17H13Cl2F3N2O6. The molecule has 0 saturated carbocycles. The Balaban J connectivity index is 2.49. The van der Waals surface area contributed by atoms with E-state index in [1.807, 2.05) is 0 Å². The van der Waals surface area contributed by atoms with Crippen LogP contribution < -0.4 is 16.0 Å². The second kappa shape index (κ2) is 9.26. The number of alkyl halides is 3. The molecule has 1 aromatic carbocycles. The Kier molecular flexibility index (Phi) is 7.21. The molecule has 0 spiro atoms. The van der Waals surface area contributed by atoms with Gasteiger partial charge in [0, 0.05) is 12.1 Å². The number of benzene rings is 1. The van der Waals surface area contributed by atoms with Crippen LogP contribution in [-0.4, -0.2) is 33.8 Å². The molecule has 2 rings (SSSR count). The maximum Gasteiger partial charge on any atom is 0.431 e. The molecule has 0 aliphatic heterocycles. The van der Waals surface area contributed by atoms with Gasteiger partial charge in [-0.15, -0.1) is 0 Å². The van der Waals surface area contributed by atoms with Crippen LogP contribution in [0.3, 0.4) is 0 Å². The largest absolute Gasteiger partial charge is 0.494 e. The van der Waals surface area contributed by atoms with Gasteiger partial charge >= 0.3 is 17.8 Å². The van der Waals surface area contributed by atoms with Crippen molar-refractivity contribution in [3.63, 3.8) is 0 Å². The summed E-state index contributed by atoms with van der Waals surface area (Å²) in [6.45, 7) is 1.39. The number of aromatic nitrogens is 2. The molecule has 8 nitrogen and oxygen atoms in total. The summed E-state index contributed by atoms with van der Waals surface area (Å²) >= 11 is 12.0. The topological polar surface area (TPSA) is 111 Å². The third-order valence-electron chi connectivity index (χ3n) is 3.46. The van der Waals surface area contributed by atoms with Gasteiger partial charge in [-0.25, -0.2) is 14.2 Å². The molecule has 2 aromatic rings. The highest BCUT2D eigenvalue weighted by Crippen LogP contribution is 2.33. The van der Waals surface area contributed by atoms with Gasteiger partial charge in [-0.1, -0.05) is 23.2 Å². The van der Waals surface area contributed by atoms with Crippen molar-refractivity contribution in [2.45, 2.75) is 13.1 Å². The summed E-state index contributed by atoms with van der Waals surface area (Å²) in [5, 5.41) is 8.54. The average Bonchev–Trinajstić information content (AvgIpc) is 2.60. The smallest absolute Gasteiger partial charge is 0.431 e. The van der Waals surface area contributed by atoms with E-state index >= 15 is 0 Å². The lowest BCUT2D eigenvalue weighted by Gasteiger charge is -2.14. The molecule has 1 heterocycles. The predicted octanol–water partition coefficient (Wildman–Crippen LogP) is 3.24. The highest BCUT2D eigenvalue weighted by atomic mass is 35.5. The van der Waals surface area contributed by atoms with E-state index < -0.39 is 29.1 Å². The molecule has 0 radical (unpaired) electrons. The molecule has 0 aliphatic carbocycles. The molecule has 0 unspecified atom stereocenters. The van der Waals surface area contributed by atoms with E-state index in [-0.39, 0.29) is 46.5 Å². The Morgan fingerprint density at radius 3 is 2.43 bits per heavy atom. The van der Waals surface area contributed by atoms with Crippen LogP contribution in [0.15, 0.2) is 39.6 Å². The predicted molar refractivity (Wildman–Crippen MR) is 101 cm³/mol. The van der Waals surface area contributed by atoms with Gasteiger partial charge in [0.05, 0.1) is 28.4 Å². The zero-order valence-electron chi connectivity index (χ0n) is 15.0. The lowest BCUT2D eigenvalue weighted by molar-refractivity contribution is -0.141. The first-order chi connectivity index (χ1) is 13.9. The van der Waals surface area contributed by atoms with Gasteiger partial charge in [0.15, 0.2) is 0 Å². The molecule has 0 amide bonds. The van der Waals surface area contributed by atoms with Gasteiger partial charge in [0.1, 0.15) is 23.8 Å². The Morgan fingerprint density at radius 1 is 1.23 bits per heavy atom. The van der Waals surface area contributed by atoms with Crippen LogP contribution in [-0.2, 0) is 15.7 Å². The summed E-state index contributed by atoms with van der Waals surface area (Å²) in [7, 11) is 0. The van der Waals surface area contributed by atoms with Crippen molar-refractivity contribution in [2.75, 3.05) is 13.2 Å². The Bertz CT molecular complexity index is 1080. The van der Waals surface area contributed by atoms with E-state index in [0.717, 1.165) is 18.2 Å². The SMILES string of the molecule is CCO/C(=C\C(=O)O)COc1cc(-n2c(=O)cc(C(F)(F)F)[nH]c2=O)c(Cl)cc1Cl. The summed E-state index contributed by atoms with van der Waals surface area (Å²) < 4.78 is 49.2. The Hall–Kier alpha value is -2.92. The highest BCUT2D eigenvalue weighted by molar-refractivity contribution is 6.36.